The molecule has 1 atom stereocenters. The average Bonchev–Trinajstić information content (AvgIpc) is 2.39. The fourth-order valence-corrected chi connectivity index (χ4v) is 2.60. The van der Waals surface area contributed by atoms with Crippen molar-refractivity contribution in [3.8, 4) is 5.75 Å². The molecule has 19 heavy (non-hydrogen) atoms. The normalized spacial score (nSPS) is 22.6. The van der Waals surface area contributed by atoms with Crippen LogP contribution in [0.5, 0.6) is 5.75 Å². The first kappa shape index (κ1) is 12.0. The van der Waals surface area contributed by atoms with E-state index in [-0.39, 0.29) is 17.9 Å². The number of anilines is 1. The number of ether oxygens (including phenoxy) is 1. The Kier molecular flexibility index (Phi) is 2.85. The quantitative estimate of drug-likeness (QED) is 0.741. The minimum absolute atomic E-state index is 0.197. The molecule has 100 valence electrons. The first-order chi connectivity index (χ1) is 9.16. The Bertz CT molecular complexity index is 544. The van der Waals surface area contributed by atoms with E-state index in [2.05, 4.69) is 10.3 Å². The van der Waals surface area contributed by atoms with Gasteiger partial charge in [-0.2, -0.15) is 0 Å². The number of rotatable bonds is 1. The second kappa shape index (κ2) is 4.53. The van der Waals surface area contributed by atoms with Crippen LogP contribution in [0.4, 0.5) is 5.69 Å². The maximum atomic E-state index is 12.0. The molecule has 0 spiro atoms. The van der Waals surface area contributed by atoms with Crippen molar-refractivity contribution in [3.05, 3.63) is 18.0 Å². The maximum Gasteiger partial charge on any atom is 0.249 e. The van der Waals surface area contributed by atoms with Crippen LogP contribution in [-0.2, 0) is 9.59 Å². The average molecular weight is 261 g/mol. The molecule has 3 rings (SSSR count). The number of hydrogen-bond acceptors (Lipinski definition) is 5. The van der Waals surface area contributed by atoms with Crippen LogP contribution in [-0.4, -0.2) is 36.0 Å². The zero-order valence-corrected chi connectivity index (χ0v) is 10.7. The van der Waals surface area contributed by atoms with Crippen molar-refractivity contribution in [1.29, 1.82) is 0 Å². The number of pyridine rings is 1. The highest BCUT2D eigenvalue weighted by Crippen LogP contribution is 2.35. The van der Waals surface area contributed by atoms with E-state index in [1.54, 1.807) is 12.4 Å². The third-order valence-corrected chi connectivity index (χ3v) is 3.53. The van der Waals surface area contributed by atoms with Crippen LogP contribution in [0.2, 0.25) is 0 Å². The van der Waals surface area contributed by atoms with E-state index < -0.39 is 0 Å². The summed E-state index contributed by atoms with van der Waals surface area (Å²) in [5.74, 6) is 0.355. The lowest BCUT2D eigenvalue weighted by molar-refractivity contribution is -0.134. The lowest BCUT2D eigenvalue weighted by atomic mass is 10.0. The number of nitrogens with zero attached hydrogens (tertiary/aromatic N) is 2. The van der Waals surface area contributed by atoms with E-state index in [9.17, 15) is 9.59 Å². The Morgan fingerprint density at radius 2 is 2.26 bits per heavy atom. The van der Waals surface area contributed by atoms with Gasteiger partial charge in [0.05, 0.1) is 18.4 Å². The van der Waals surface area contributed by atoms with Crippen molar-refractivity contribution in [1.82, 2.24) is 10.3 Å². The minimum atomic E-state index is -0.316. The number of carbonyl (C=O) groups excluding carboxylic acids is 2. The summed E-state index contributed by atoms with van der Waals surface area (Å²) in [7, 11) is 0. The van der Waals surface area contributed by atoms with E-state index >= 15 is 0 Å². The van der Waals surface area contributed by atoms with Crippen molar-refractivity contribution >= 4 is 17.5 Å². The fraction of sp³-hybridized carbons (Fsp3) is 0.462. The summed E-state index contributed by atoms with van der Waals surface area (Å²) in [6.45, 7) is 3.10. The molecular formula is C13H15N3O3. The highest BCUT2D eigenvalue weighted by atomic mass is 16.5. The van der Waals surface area contributed by atoms with Crippen molar-refractivity contribution in [2.24, 2.45) is 0 Å². The van der Waals surface area contributed by atoms with Gasteiger partial charge in [-0.05, 0) is 13.3 Å². The third-order valence-electron chi connectivity index (χ3n) is 3.53. The zero-order chi connectivity index (χ0) is 13.4. The molecular weight excluding hydrogens is 246 g/mol. The lowest BCUT2D eigenvalue weighted by Crippen LogP contribution is -2.54. The van der Waals surface area contributed by atoms with Crippen molar-refractivity contribution in [3.63, 3.8) is 0 Å². The van der Waals surface area contributed by atoms with Gasteiger partial charge in [-0.1, -0.05) is 0 Å². The summed E-state index contributed by atoms with van der Waals surface area (Å²) in [5, 5.41) is 2.39. The summed E-state index contributed by atoms with van der Waals surface area (Å²) in [5.41, 5.74) is 1.79. The van der Waals surface area contributed by atoms with E-state index in [1.807, 2.05) is 11.8 Å². The van der Waals surface area contributed by atoms with Gasteiger partial charge in [0.2, 0.25) is 11.8 Å². The van der Waals surface area contributed by atoms with Crippen molar-refractivity contribution < 1.29 is 14.3 Å². The van der Waals surface area contributed by atoms with E-state index in [0.29, 0.717) is 26.0 Å². The molecule has 2 aliphatic rings. The van der Waals surface area contributed by atoms with Gasteiger partial charge in [-0.15, -0.1) is 0 Å². The molecule has 1 saturated heterocycles. The predicted octanol–water partition coefficient (Wildman–Crippen LogP) is 0.394. The predicted molar refractivity (Wildman–Crippen MR) is 68.0 cm³/mol. The first-order valence-corrected chi connectivity index (χ1v) is 6.34. The van der Waals surface area contributed by atoms with Crippen LogP contribution in [0.15, 0.2) is 12.4 Å². The number of piperidine rings is 1. The van der Waals surface area contributed by atoms with Crippen molar-refractivity contribution in [2.75, 3.05) is 18.1 Å². The molecule has 2 aliphatic heterocycles. The van der Waals surface area contributed by atoms with Crippen molar-refractivity contribution in [2.45, 2.75) is 25.8 Å². The second-order valence-corrected chi connectivity index (χ2v) is 4.81. The van der Waals surface area contributed by atoms with Gasteiger partial charge in [0.1, 0.15) is 18.4 Å². The molecule has 0 aliphatic carbocycles. The number of imide groups is 1. The highest BCUT2D eigenvalue weighted by Gasteiger charge is 2.34. The second-order valence-electron chi connectivity index (χ2n) is 4.81. The molecule has 6 nitrogen and oxygen atoms in total. The highest BCUT2D eigenvalue weighted by molar-refractivity contribution is 6.01. The Hall–Kier alpha value is -2.11. The first-order valence-electron chi connectivity index (χ1n) is 6.34. The minimum Gasteiger partial charge on any atom is -0.489 e. The number of fused-ring (bicyclic) bond motifs is 1. The number of nitrogens with one attached hydrogen (secondary N) is 1. The summed E-state index contributed by atoms with van der Waals surface area (Å²) in [4.78, 5) is 29.3. The van der Waals surface area contributed by atoms with Gasteiger partial charge < -0.3 is 9.64 Å². The third kappa shape index (κ3) is 2.03. The Morgan fingerprint density at radius 3 is 3.05 bits per heavy atom. The molecule has 6 heteroatoms. The smallest absolute Gasteiger partial charge is 0.249 e. The Balaban J connectivity index is 1.93. The van der Waals surface area contributed by atoms with Crippen LogP contribution in [0, 0.1) is 6.92 Å². The summed E-state index contributed by atoms with van der Waals surface area (Å²) < 4.78 is 5.65. The summed E-state index contributed by atoms with van der Waals surface area (Å²) in [6.07, 6.45) is 4.37. The fourth-order valence-electron chi connectivity index (χ4n) is 2.60. The van der Waals surface area contributed by atoms with E-state index in [1.165, 1.54) is 0 Å². The molecule has 2 amide bonds. The molecule has 1 N–H and O–H groups in total. The van der Waals surface area contributed by atoms with Crippen LogP contribution in [0.1, 0.15) is 18.4 Å². The Morgan fingerprint density at radius 1 is 1.42 bits per heavy atom. The monoisotopic (exact) mass is 261 g/mol. The van der Waals surface area contributed by atoms with Crippen LogP contribution < -0.4 is 15.0 Å². The standard InChI is InChI=1S/C13H15N3O3/c1-8-6-14-7-10-12(8)19-5-4-16(10)9-2-3-11(17)15-13(9)18/h6-7,9H,2-5H2,1H3,(H,15,17,18). The number of aryl methyl sites for hydroxylation is 1. The van der Waals surface area contributed by atoms with Gasteiger partial charge in [0.25, 0.3) is 0 Å². The van der Waals surface area contributed by atoms with Gasteiger partial charge >= 0.3 is 0 Å². The summed E-state index contributed by atoms with van der Waals surface area (Å²) >= 11 is 0. The number of hydrogen-bond donors (Lipinski definition) is 1. The lowest BCUT2D eigenvalue weighted by Gasteiger charge is -2.38. The van der Waals surface area contributed by atoms with E-state index in [4.69, 9.17) is 4.74 Å². The van der Waals surface area contributed by atoms with Gasteiger partial charge in [-0.25, -0.2) is 0 Å². The molecule has 1 fully saturated rings. The number of amides is 2. The molecule has 0 aromatic carbocycles. The Labute approximate surface area is 110 Å². The molecule has 0 radical (unpaired) electrons. The molecule has 1 unspecified atom stereocenters. The van der Waals surface area contributed by atoms with Gasteiger partial charge in [-0.3, -0.25) is 19.9 Å². The van der Waals surface area contributed by atoms with Gasteiger partial charge in [0, 0.05) is 18.2 Å². The van der Waals surface area contributed by atoms with Crippen LogP contribution in [0.3, 0.4) is 0 Å². The van der Waals surface area contributed by atoms with E-state index in [0.717, 1.165) is 17.0 Å². The molecule has 3 heterocycles. The van der Waals surface area contributed by atoms with Crippen LogP contribution >= 0.6 is 0 Å². The topological polar surface area (TPSA) is 71.5 Å². The SMILES string of the molecule is Cc1cncc2c1OCCN2C1CCC(=O)NC1=O. The summed E-state index contributed by atoms with van der Waals surface area (Å²) in [6, 6.07) is -0.316. The molecule has 0 bridgehead atoms. The number of carbonyl (C=O) groups is 2. The largest absolute Gasteiger partial charge is 0.489 e. The molecule has 1 aromatic heterocycles. The van der Waals surface area contributed by atoms with Crippen LogP contribution in [0.25, 0.3) is 0 Å². The van der Waals surface area contributed by atoms with Gasteiger partial charge in [0.15, 0.2) is 0 Å². The molecule has 0 saturated carbocycles. The number of aromatic nitrogens is 1. The maximum absolute atomic E-state index is 12.0. The molecule has 1 aromatic rings. The zero-order valence-electron chi connectivity index (χ0n) is 10.7.